The summed E-state index contributed by atoms with van der Waals surface area (Å²) >= 11 is 0. The second-order valence-corrected chi connectivity index (χ2v) is 6.22. The molecule has 0 fully saturated rings. The Morgan fingerprint density at radius 2 is 1.52 bits per heavy atom. The Balaban J connectivity index is 2.22. The molecule has 0 radical (unpaired) electrons. The van der Waals surface area contributed by atoms with Gasteiger partial charge in [-0.15, -0.1) is 0 Å². The van der Waals surface area contributed by atoms with Crippen LogP contribution in [0.4, 0.5) is 11.4 Å². The fourth-order valence-electron chi connectivity index (χ4n) is 3.54. The highest BCUT2D eigenvalue weighted by Crippen LogP contribution is 2.34. The number of pyridine rings is 1. The monoisotopic (exact) mass is 330 g/mol. The summed E-state index contributed by atoms with van der Waals surface area (Å²) in [6, 6.07) is 20.2. The second-order valence-electron chi connectivity index (χ2n) is 6.22. The lowest BCUT2D eigenvalue weighted by Gasteiger charge is -2.11. The molecule has 0 saturated carbocycles. The molecule has 4 aromatic rings. The SMILES string of the molecule is COc1ccc2c(c1)c(-c1cc(N)cc(N)c1)[n+](C)c1ccccc21. The maximum atomic E-state index is 6.05. The van der Waals surface area contributed by atoms with Crippen LogP contribution in [0, 0.1) is 0 Å². The zero-order valence-electron chi connectivity index (χ0n) is 14.3. The Hall–Kier alpha value is -3.27. The molecule has 1 heterocycles. The molecule has 0 spiro atoms. The molecule has 25 heavy (non-hydrogen) atoms. The van der Waals surface area contributed by atoms with E-state index in [9.17, 15) is 0 Å². The lowest BCUT2D eigenvalue weighted by molar-refractivity contribution is -0.632. The van der Waals surface area contributed by atoms with E-state index in [-0.39, 0.29) is 0 Å². The molecule has 3 aromatic carbocycles. The van der Waals surface area contributed by atoms with E-state index in [4.69, 9.17) is 16.2 Å². The van der Waals surface area contributed by atoms with Gasteiger partial charge in [0.25, 0.3) is 0 Å². The number of hydrogen-bond donors (Lipinski definition) is 2. The van der Waals surface area contributed by atoms with Gasteiger partial charge in [0.15, 0.2) is 0 Å². The molecule has 124 valence electrons. The van der Waals surface area contributed by atoms with Crippen LogP contribution < -0.4 is 20.8 Å². The van der Waals surface area contributed by atoms with Gasteiger partial charge in [-0.2, -0.15) is 4.57 Å². The van der Waals surface area contributed by atoms with E-state index in [0.717, 1.165) is 27.9 Å². The Labute approximate surface area is 146 Å². The van der Waals surface area contributed by atoms with E-state index in [2.05, 4.69) is 48.0 Å². The van der Waals surface area contributed by atoms with E-state index < -0.39 is 0 Å². The molecule has 1 aromatic heterocycles. The van der Waals surface area contributed by atoms with E-state index in [1.54, 1.807) is 13.2 Å². The molecule has 0 saturated heterocycles. The molecule has 4 heteroatoms. The van der Waals surface area contributed by atoms with E-state index in [1.165, 1.54) is 10.8 Å². The van der Waals surface area contributed by atoms with Gasteiger partial charge in [0.05, 0.1) is 23.4 Å². The van der Waals surface area contributed by atoms with Crippen LogP contribution in [0.2, 0.25) is 0 Å². The molecular formula is C21H20N3O+. The number of rotatable bonds is 2. The first-order valence-corrected chi connectivity index (χ1v) is 8.13. The zero-order chi connectivity index (χ0) is 17.6. The molecule has 0 atom stereocenters. The fourth-order valence-corrected chi connectivity index (χ4v) is 3.54. The number of aromatic nitrogens is 1. The van der Waals surface area contributed by atoms with E-state index in [1.807, 2.05) is 18.2 Å². The Morgan fingerprint density at radius 1 is 0.800 bits per heavy atom. The lowest BCUT2D eigenvalue weighted by atomic mass is 9.98. The molecule has 0 aliphatic carbocycles. The van der Waals surface area contributed by atoms with Crippen LogP contribution in [0.5, 0.6) is 5.75 Å². The number of anilines is 2. The summed E-state index contributed by atoms with van der Waals surface area (Å²) in [6.45, 7) is 0. The summed E-state index contributed by atoms with van der Waals surface area (Å²) in [4.78, 5) is 0. The van der Waals surface area contributed by atoms with Gasteiger partial charge in [0.2, 0.25) is 11.2 Å². The predicted octanol–water partition coefficient (Wildman–Crippen LogP) is 3.66. The maximum Gasteiger partial charge on any atom is 0.220 e. The van der Waals surface area contributed by atoms with Crippen molar-refractivity contribution in [3.05, 3.63) is 60.7 Å². The molecule has 0 bridgehead atoms. The van der Waals surface area contributed by atoms with Crippen molar-refractivity contribution < 1.29 is 9.30 Å². The minimum Gasteiger partial charge on any atom is -0.497 e. The van der Waals surface area contributed by atoms with Crippen LogP contribution in [0.25, 0.3) is 32.9 Å². The van der Waals surface area contributed by atoms with Crippen molar-refractivity contribution in [1.29, 1.82) is 0 Å². The van der Waals surface area contributed by atoms with Gasteiger partial charge in [0.1, 0.15) is 12.8 Å². The average Bonchev–Trinajstić information content (AvgIpc) is 2.61. The van der Waals surface area contributed by atoms with Crippen LogP contribution in [0.1, 0.15) is 0 Å². The fraction of sp³-hybridized carbons (Fsp3) is 0.0952. The number of nitrogens with zero attached hydrogens (tertiary/aromatic N) is 1. The Bertz CT molecular complexity index is 1100. The predicted molar refractivity (Wildman–Crippen MR) is 103 cm³/mol. The number of aryl methyl sites for hydroxylation is 1. The first-order chi connectivity index (χ1) is 12.1. The van der Waals surface area contributed by atoms with Gasteiger partial charge >= 0.3 is 0 Å². The van der Waals surface area contributed by atoms with Gasteiger partial charge in [-0.3, -0.25) is 0 Å². The number of methoxy groups -OCH3 is 1. The van der Waals surface area contributed by atoms with Crippen molar-refractivity contribution in [2.24, 2.45) is 7.05 Å². The van der Waals surface area contributed by atoms with Crippen LogP contribution in [-0.4, -0.2) is 7.11 Å². The van der Waals surface area contributed by atoms with Gasteiger partial charge < -0.3 is 16.2 Å². The highest BCUT2D eigenvalue weighted by atomic mass is 16.5. The summed E-state index contributed by atoms with van der Waals surface area (Å²) in [5.74, 6) is 0.820. The number of hydrogen-bond acceptors (Lipinski definition) is 3. The van der Waals surface area contributed by atoms with Crippen LogP contribution in [-0.2, 0) is 7.05 Å². The van der Waals surface area contributed by atoms with E-state index >= 15 is 0 Å². The topological polar surface area (TPSA) is 65.1 Å². The molecule has 4 rings (SSSR count). The second kappa shape index (κ2) is 5.67. The molecule has 0 amide bonds. The van der Waals surface area contributed by atoms with Crippen molar-refractivity contribution in [1.82, 2.24) is 0 Å². The minimum atomic E-state index is 0.652. The zero-order valence-corrected chi connectivity index (χ0v) is 14.3. The molecule has 0 aliphatic rings. The number of benzene rings is 3. The largest absolute Gasteiger partial charge is 0.497 e. The van der Waals surface area contributed by atoms with Gasteiger partial charge in [-0.1, -0.05) is 12.1 Å². The minimum absolute atomic E-state index is 0.652. The highest BCUT2D eigenvalue weighted by Gasteiger charge is 2.21. The summed E-state index contributed by atoms with van der Waals surface area (Å²) in [6.07, 6.45) is 0. The number of nitrogen functional groups attached to an aromatic ring is 2. The van der Waals surface area contributed by atoms with Crippen molar-refractivity contribution in [2.75, 3.05) is 18.6 Å². The van der Waals surface area contributed by atoms with Gasteiger partial charge in [0, 0.05) is 22.8 Å². The van der Waals surface area contributed by atoms with Crippen LogP contribution in [0.3, 0.4) is 0 Å². The summed E-state index contributed by atoms with van der Waals surface area (Å²) in [5, 5.41) is 3.47. The standard InChI is InChI=1S/C21H20N3O/c1-24-20-6-4-3-5-18(20)17-8-7-16(25-2)12-19(17)21(24)13-9-14(22)11-15(23)10-13/h3-12H,22-23H2,1-2H3/q+1. The van der Waals surface area contributed by atoms with Crippen LogP contribution in [0.15, 0.2) is 60.7 Å². The maximum absolute atomic E-state index is 6.05. The van der Waals surface area contributed by atoms with Gasteiger partial charge in [-0.05, 0) is 42.5 Å². The summed E-state index contributed by atoms with van der Waals surface area (Å²) < 4.78 is 7.64. The summed E-state index contributed by atoms with van der Waals surface area (Å²) in [5.41, 5.74) is 16.6. The van der Waals surface area contributed by atoms with Crippen molar-refractivity contribution in [2.45, 2.75) is 0 Å². The van der Waals surface area contributed by atoms with Crippen LogP contribution >= 0.6 is 0 Å². The third-order valence-electron chi connectivity index (χ3n) is 4.62. The lowest BCUT2D eigenvalue weighted by Crippen LogP contribution is -2.32. The average molecular weight is 330 g/mol. The molecule has 0 aliphatic heterocycles. The van der Waals surface area contributed by atoms with E-state index in [0.29, 0.717) is 11.4 Å². The first kappa shape index (κ1) is 15.3. The normalized spacial score (nSPS) is 11.1. The van der Waals surface area contributed by atoms with Crippen molar-refractivity contribution in [3.63, 3.8) is 0 Å². The highest BCUT2D eigenvalue weighted by molar-refractivity contribution is 6.09. The third-order valence-corrected chi connectivity index (χ3v) is 4.62. The van der Waals surface area contributed by atoms with Gasteiger partial charge in [-0.25, -0.2) is 0 Å². The smallest absolute Gasteiger partial charge is 0.220 e. The Kier molecular flexibility index (Phi) is 3.46. The summed E-state index contributed by atoms with van der Waals surface area (Å²) in [7, 11) is 3.75. The number of ether oxygens (including phenoxy) is 1. The number of nitrogens with two attached hydrogens (primary N) is 2. The third kappa shape index (κ3) is 2.43. The number of para-hydroxylation sites is 1. The molecular weight excluding hydrogens is 310 g/mol. The first-order valence-electron chi connectivity index (χ1n) is 8.13. The molecule has 0 unspecified atom stereocenters. The molecule has 4 nitrogen and oxygen atoms in total. The number of fused-ring (bicyclic) bond motifs is 3. The quantitative estimate of drug-likeness (QED) is 0.335. The van der Waals surface area contributed by atoms with Crippen molar-refractivity contribution in [3.8, 4) is 17.0 Å². The molecule has 4 N–H and O–H groups in total. The Morgan fingerprint density at radius 3 is 2.24 bits per heavy atom. The van der Waals surface area contributed by atoms with Crippen molar-refractivity contribution >= 4 is 33.1 Å².